The monoisotopic (exact) mass is 235 g/mol. The van der Waals surface area contributed by atoms with Crippen molar-refractivity contribution in [3.63, 3.8) is 0 Å². The van der Waals surface area contributed by atoms with Gasteiger partial charge in [0.1, 0.15) is 0 Å². The van der Waals surface area contributed by atoms with Crippen LogP contribution in [0.1, 0.15) is 5.56 Å². The molecule has 2 aromatic rings. The molecule has 1 heterocycles. The van der Waals surface area contributed by atoms with E-state index in [2.05, 4.69) is 30.7 Å². The van der Waals surface area contributed by atoms with Crippen LogP contribution in [0.3, 0.4) is 0 Å². The van der Waals surface area contributed by atoms with Crippen LogP contribution in [0.5, 0.6) is 0 Å². The van der Waals surface area contributed by atoms with Gasteiger partial charge < -0.3 is 4.98 Å². The SMILES string of the molecule is [C-]#[N+]c1cc2nc(Br)[nH]c2cc1C. The van der Waals surface area contributed by atoms with Crippen LogP contribution in [0, 0.1) is 13.5 Å². The quantitative estimate of drug-likeness (QED) is 0.700. The molecule has 4 heteroatoms. The van der Waals surface area contributed by atoms with Crippen molar-refractivity contribution in [1.29, 1.82) is 0 Å². The maximum Gasteiger partial charge on any atom is 0.192 e. The van der Waals surface area contributed by atoms with Crippen molar-refractivity contribution in [1.82, 2.24) is 9.97 Å². The summed E-state index contributed by atoms with van der Waals surface area (Å²) in [6.45, 7) is 8.86. The molecule has 0 aliphatic rings. The number of aryl methyl sites for hydroxylation is 1. The van der Waals surface area contributed by atoms with Crippen LogP contribution in [0.4, 0.5) is 5.69 Å². The Balaban J connectivity index is 2.82. The van der Waals surface area contributed by atoms with E-state index < -0.39 is 0 Å². The summed E-state index contributed by atoms with van der Waals surface area (Å²) in [4.78, 5) is 10.6. The van der Waals surface area contributed by atoms with Crippen molar-refractivity contribution in [2.45, 2.75) is 6.92 Å². The van der Waals surface area contributed by atoms with Gasteiger partial charge in [-0.2, -0.15) is 0 Å². The van der Waals surface area contributed by atoms with Gasteiger partial charge in [0.05, 0.1) is 17.6 Å². The second-order valence-corrected chi connectivity index (χ2v) is 3.55. The van der Waals surface area contributed by atoms with E-state index in [0.717, 1.165) is 16.6 Å². The smallest absolute Gasteiger partial charge is 0.192 e. The van der Waals surface area contributed by atoms with Crippen LogP contribution in [-0.4, -0.2) is 9.97 Å². The molecule has 0 saturated carbocycles. The van der Waals surface area contributed by atoms with Gasteiger partial charge in [0, 0.05) is 0 Å². The third-order valence-corrected chi connectivity index (χ3v) is 2.27. The molecular weight excluding hydrogens is 230 g/mol. The number of imidazole rings is 1. The van der Waals surface area contributed by atoms with Gasteiger partial charge in [0.15, 0.2) is 10.4 Å². The minimum atomic E-state index is 0.659. The van der Waals surface area contributed by atoms with Gasteiger partial charge in [0.2, 0.25) is 0 Å². The summed E-state index contributed by atoms with van der Waals surface area (Å²) in [6.07, 6.45) is 0. The molecule has 0 aliphatic heterocycles. The normalized spacial score (nSPS) is 10.2. The number of hydrogen-bond acceptors (Lipinski definition) is 1. The maximum atomic E-state index is 6.94. The Labute approximate surface area is 83.7 Å². The summed E-state index contributed by atoms with van der Waals surface area (Å²) in [5.74, 6) is 0. The van der Waals surface area contributed by atoms with E-state index in [1.165, 1.54) is 0 Å². The zero-order chi connectivity index (χ0) is 9.42. The van der Waals surface area contributed by atoms with Crippen LogP contribution in [0.15, 0.2) is 16.9 Å². The molecule has 13 heavy (non-hydrogen) atoms. The van der Waals surface area contributed by atoms with Gasteiger partial charge in [-0.3, -0.25) is 0 Å². The average Bonchev–Trinajstić information content (AvgIpc) is 2.42. The Morgan fingerprint density at radius 1 is 1.54 bits per heavy atom. The molecule has 0 saturated heterocycles. The fraction of sp³-hybridized carbons (Fsp3) is 0.111. The van der Waals surface area contributed by atoms with Gasteiger partial charge >= 0.3 is 0 Å². The molecular formula is C9H6BrN3. The number of rotatable bonds is 0. The Bertz CT molecular complexity index is 507. The number of fused-ring (bicyclic) bond motifs is 1. The molecule has 0 aliphatic carbocycles. The third kappa shape index (κ3) is 1.31. The van der Waals surface area contributed by atoms with E-state index in [9.17, 15) is 0 Å². The van der Waals surface area contributed by atoms with E-state index in [4.69, 9.17) is 6.57 Å². The standard InChI is InChI=1S/C9H6BrN3/c1-5-3-7-8(4-6(5)11-2)13-9(10)12-7/h3-4H,1H3,(H,12,13). The Hall–Kier alpha value is -1.34. The Morgan fingerprint density at radius 3 is 3.00 bits per heavy atom. The largest absolute Gasteiger partial charge is 0.333 e. The number of benzene rings is 1. The van der Waals surface area contributed by atoms with Crippen LogP contribution in [-0.2, 0) is 0 Å². The summed E-state index contributed by atoms with van der Waals surface area (Å²) >= 11 is 3.25. The molecule has 2 rings (SSSR count). The Morgan fingerprint density at radius 2 is 2.31 bits per heavy atom. The second kappa shape index (κ2) is 2.86. The molecule has 3 nitrogen and oxygen atoms in total. The van der Waals surface area contributed by atoms with E-state index in [1.54, 1.807) is 6.07 Å². The molecule has 1 N–H and O–H groups in total. The van der Waals surface area contributed by atoms with E-state index >= 15 is 0 Å². The van der Waals surface area contributed by atoms with Crippen LogP contribution >= 0.6 is 15.9 Å². The highest BCUT2D eigenvalue weighted by Gasteiger charge is 2.04. The summed E-state index contributed by atoms with van der Waals surface area (Å²) in [5.41, 5.74) is 3.41. The number of H-pyrrole nitrogens is 1. The lowest BCUT2D eigenvalue weighted by atomic mass is 10.2. The fourth-order valence-electron chi connectivity index (χ4n) is 1.24. The van der Waals surface area contributed by atoms with Gasteiger partial charge in [0.25, 0.3) is 0 Å². The topological polar surface area (TPSA) is 33.0 Å². The average molecular weight is 236 g/mol. The first-order valence-corrected chi connectivity index (χ1v) is 4.53. The first-order chi connectivity index (χ1) is 6.20. The first kappa shape index (κ1) is 8.27. The van der Waals surface area contributed by atoms with Crippen LogP contribution in [0.25, 0.3) is 15.9 Å². The summed E-state index contributed by atoms with van der Waals surface area (Å²) < 4.78 is 0.698. The molecule has 1 aromatic carbocycles. The van der Waals surface area contributed by atoms with E-state index in [1.807, 2.05) is 13.0 Å². The highest BCUT2D eigenvalue weighted by molar-refractivity contribution is 9.10. The molecule has 1 aromatic heterocycles. The van der Waals surface area contributed by atoms with E-state index in [-0.39, 0.29) is 0 Å². The highest BCUT2D eigenvalue weighted by Crippen LogP contribution is 2.25. The van der Waals surface area contributed by atoms with Crippen LogP contribution in [0.2, 0.25) is 0 Å². The van der Waals surface area contributed by atoms with Crippen molar-refractivity contribution in [3.05, 3.63) is 33.8 Å². The van der Waals surface area contributed by atoms with Crippen molar-refractivity contribution in [3.8, 4) is 0 Å². The predicted octanol–water partition coefficient (Wildman–Crippen LogP) is 3.18. The van der Waals surface area contributed by atoms with Gasteiger partial charge in [-0.25, -0.2) is 9.83 Å². The second-order valence-electron chi connectivity index (χ2n) is 2.80. The number of halogens is 1. The molecule has 0 unspecified atom stereocenters. The number of aromatic nitrogens is 2. The molecule has 0 amide bonds. The molecule has 64 valence electrons. The van der Waals surface area contributed by atoms with Crippen molar-refractivity contribution in [2.24, 2.45) is 0 Å². The third-order valence-electron chi connectivity index (χ3n) is 1.89. The number of hydrogen-bond donors (Lipinski definition) is 1. The predicted molar refractivity (Wildman–Crippen MR) is 54.8 cm³/mol. The molecule has 0 spiro atoms. The lowest BCUT2D eigenvalue weighted by molar-refractivity contribution is 1.27. The van der Waals surface area contributed by atoms with Gasteiger partial charge in [-0.15, -0.1) is 0 Å². The summed E-state index contributed by atoms with van der Waals surface area (Å²) in [6, 6.07) is 3.72. The number of nitrogens with one attached hydrogen (secondary N) is 1. The number of aromatic amines is 1. The first-order valence-electron chi connectivity index (χ1n) is 3.74. The maximum absolute atomic E-state index is 6.94. The molecule has 0 atom stereocenters. The van der Waals surface area contributed by atoms with Gasteiger partial charge in [-0.05, 0) is 40.5 Å². The van der Waals surface area contributed by atoms with E-state index in [0.29, 0.717) is 10.4 Å². The molecule has 0 radical (unpaired) electrons. The van der Waals surface area contributed by atoms with Crippen molar-refractivity contribution >= 4 is 32.7 Å². The van der Waals surface area contributed by atoms with Crippen molar-refractivity contribution < 1.29 is 0 Å². The van der Waals surface area contributed by atoms with Crippen molar-refractivity contribution in [2.75, 3.05) is 0 Å². The Kier molecular flexibility index (Phi) is 1.82. The fourth-order valence-corrected chi connectivity index (χ4v) is 1.65. The number of nitrogens with zero attached hydrogens (tertiary/aromatic N) is 2. The summed E-state index contributed by atoms with van der Waals surface area (Å²) in [5, 5.41) is 0. The summed E-state index contributed by atoms with van der Waals surface area (Å²) in [7, 11) is 0. The van der Waals surface area contributed by atoms with Gasteiger partial charge in [-0.1, -0.05) is 0 Å². The minimum Gasteiger partial charge on any atom is -0.333 e. The minimum absolute atomic E-state index is 0.659. The zero-order valence-corrected chi connectivity index (χ0v) is 8.51. The lowest BCUT2D eigenvalue weighted by Gasteiger charge is -1.95. The van der Waals surface area contributed by atoms with Crippen LogP contribution < -0.4 is 0 Å². The molecule has 0 bridgehead atoms. The zero-order valence-electron chi connectivity index (χ0n) is 6.93. The lowest BCUT2D eigenvalue weighted by Crippen LogP contribution is -1.74. The highest BCUT2D eigenvalue weighted by atomic mass is 79.9. The molecule has 0 fully saturated rings.